The average molecular weight is 295 g/mol. The van der Waals surface area contributed by atoms with E-state index in [0.717, 1.165) is 12.2 Å². The minimum atomic E-state index is -0.267. The van der Waals surface area contributed by atoms with Crippen molar-refractivity contribution < 1.29 is 9.13 Å². The van der Waals surface area contributed by atoms with Gasteiger partial charge in [-0.3, -0.25) is 4.68 Å². The molecule has 0 aliphatic heterocycles. The maximum absolute atomic E-state index is 13.6. The van der Waals surface area contributed by atoms with Crippen LogP contribution in [0.1, 0.15) is 18.7 Å². The van der Waals surface area contributed by atoms with Crippen molar-refractivity contribution in [2.75, 3.05) is 12.9 Å². The van der Waals surface area contributed by atoms with Crippen LogP contribution in [0.5, 0.6) is 5.75 Å². The molecule has 1 heterocycles. The largest absolute Gasteiger partial charge is 0.493 e. The Kier molecular flexibility index (Phi) is 5.03. The van der Waals surface area contributed by atoms with Crippen molar-refractivity contribution in [3.63, 3.8) is 0 Å². The SMILES string of the molecule is CCn1ncc(OC)c1C(N)CSc1ccccc1F. The third kappa shape index (κ3) is 3.13. The molecule has 1 aromatic heterocycles. The standard InChI is InChI=1S/C14H18FN3OS/c1-3-18-14(12(19-2)8-17-18)11(16)9-20-13-7-5-4-6-10(13)15/h4-8,11H,3,9,16H2,1-2H3. The van der Waals surface area contributed by atoms with Gasteiger partial charge in [-0.25, -0.2) is 4.39 Å². The van der Waals surface area contributed by atoms with E-state index in [0.29, 0.717) is 16.4 Å². The van der Waals surface area contributed by atoms with Gasteiger partial charge in [0.2, 0.25) is 0 Å². The quantitative estimate of drug-likeness (QED) is 0.833. The molecule has 1 atom stereocenters. The molecule has 0 spiro atoms. The number of aromatic nitrogens is 2. The first-order chi connectivity index (χ1) is 9.67. The molecule has 1 unspecified atom stereocenters. The number of halogens is 1. The molecule has 0 amide bonds. The number of methoxy groups -OCH3 is 1. The van der Waals surface area contributed by atoms with Crippen LogP contribution in [0.2, 0.25) is 0 Å². The zero-order valence-electron chi connectivity index (χ0n) is 11.5. The van der Waals surface area contributed by atoms with Crippen LogP contribution >= 0.6 is 11.8 Å². The molecule has 2 N–H and O–H groups in total. The van der Waals surface area contributed by atoms with Crippen molar-refractivity contribution in [2.24, 2.45) is 5.73 Å². The normalized spacial score (nSPS) is 12.4. The third-order valence-electron chi connectivity index (χ3n) is 2.97. The van der Waals surface area contributed by atoms with Crippen LogP contribution in [0.3, 0.4) is 0 Å². The van der Waals surface area contributed by atoms with E-state index in [9.17, 15) is 4.39 Å². The molecule has 108 valence electrons. The maximum Gasteiger partial charge on any atom is 0.161 e. The number of nitrogens with zero attached hydrogens (tertiary/aromatic N) is 2. The molecule has 20 heavy (non-hydrogen) atoms. The Labute approximate surface area is 122 Å². The van der Waals surface area contributed by atoms with Gasteiger partial charge < -0.3 is 10.5 Å². The first-order valence-electron chi connectivity index (χ1n) is 6.40. The van der Waals surface area contributed by atoms with Gasteiger partial charge in [0, 0.05) is 17.2 Å². The third-order valence-corrected chi connectivity index (χ3v) is 4.14. The fourth-order valence-electron chi connectivity index (χ4n) is 1.98. The van der Waals surface area contributed by atoms with Crippen molar-refractivity contribution in [3.05, 3.63) is 42.0 Å². The molecular formula is C14H18FN3OS. The summed E-state index contributed by atoms with van der Waals surface area (Å²) in [6.45, 7) is 2.71. The van der Waals surface area contributed by atoms with Crippen molar-refractivity contribution in [3.8, 4) is 5.75 Å². The average Bonchev–Trinajstić information content (AvgIpc) is 2.89. The summed E-state index contributed by atoms with van der Waals surface area (Å²) in [6, 6.07) is 6.42. The molecule has 0 aliphatic carbocycles. The van der Waals surface area contributed by atoms with Gasteiger partial charge in [0.15, 0.2) is 5.75 Å². The Morgan fingerprint density at radius 1 is 1.45 bits per heavy atom. The van der Waals surface area contributed by atoms with Crippen molar-refractivity contribution in [1.82, 2.24) is 9.78 Å². The van der Waals surface area contributed by atoms with Crippen LogP contribution in [0.4, 0.5) is 4.39 Å². The zero-order chi connectivity index (χ0) is 14.5. The predicted molar refractivity (Wildman–Crippen MR) is 78.5 cm³/mol. The lowest BCUT2D eigenvalue weighted by Gasteiger charge is -2.15. The van der Waals surface area contributed by atoms with Gasteiger partial charge in [0.05, 0.1) is 25.0 Å². The lowest BCUT2D eigenvalue weighted by Crippen LogP contribution is -2.19. The summed E-state index contributed by atoms with van der Waals surface area (Å²) in [5.74, 6) is 1.01. The summed E-state index contributed by atoms with van der Waals surface area (Å²) in [5.41, 5.74) is 7.05. The highest BCUT2D eigenvalue weighted by Gasteiger charge is 2.18. The molecule has 1 aromatic carbocycles. The fraction of sp³-hybridized carbons (Fsp3) is 0.357. The van der Waals surface area contributed by atoms with Crippen molar-refractivity contribution >= 4 is 11.8 Å². The highest BCUT2D eigenvalue weighted by atomic mass is 32.2. The molecule has 0 fully saturated rings. The fourth-order valence-corrected chi connectivity index (χ4v) is 2.88. The zero-order valence-corrected chi connectivity index (χ0v) is 12.4. The minimum Gasteiger partial charge on any atom is -0.493 e. The Morgan fingerprint density at radius 3 is 2.85 bits per heavy atom. The maximum atomic E-state index is 13.6. The summed E-state index contributed by atoms with van der Waals surface area (Å²) in [4.78, 5) is 0.601. The topological polar surface area (TPSA) is 53.1 Å². The highest BCUT2D eigenvalue weighted by Crippen LogP contribution is 2.29. The smallest absolute Gasteiger partial charge is 0.161 e. The molecule has 2 rings (SSSR count). The number of rotatable bonds is 6. The second kappa shape index (κ2) is 6.76. The Bertz CT molecular complexity index is 552. The Morgan fingerprint density at radius 2 is 2.20 bits per heavy atom. The number of ether oxygens (including phenoxy) is 1. The Hall–Kier alpha value is -1.53. The number of hydrogen-bond acceptors (Lipinski definition) is 4. The number of benzene rings is 1. The van der Waals surface area contributed by atoms with E-state index in [-0.39, 0.29) is 11.9 Å². The number of aryl methyl sites for hydroxylation is 1. The monoisotopic (exact) mass is 295 g/mol. The lowest BCUT2D eigenvalue weighted by molar-refractivity contribution is 0.403. The van der Waals surface area contributed by atoms with Crippen LogP contribution in [-0.4, -0.2) is 22.6 Å². The van der Waals surface area contributed by atoms with Crippen LogP contribution in [0.25, 0.3) is 0 Å². The van der Waals surface area contributed by atoms with E-state index in [4.69, 9.17) is 10.5 Å². The highest BCUT2D eigenvalue weighted by molar-refractivity contribution is 7.99. The van der Waals surface area contributed by atoms with E-state index in [2.05, 4.69) is 5.10 Å². The summed E-state index contributed by atoms with van der Waals surface area (Å²) in [6.07, 6.45) is 1.66. The Balaban J connectivity index is 2.10. The lowest BCUT2D eigenvalue weighted by atomic mass is 10.2. The van der Waals surface area contributed by atoms with Crippen LogP contribution in [0.15, 0.2) is 35.4 Å². The number of hydrogen-bond donors (Lipinski definition) is 1. The molecule has 4 nitrogen and oxygen atoms in total. The van der Waals surface area contributed by atoms with Gasteiger partial charge in [0.25, 0.3) is 0 Å². The van der Waals surface area contributed by atoms with Crippen LogP contribution < -0.4 is 10.5 Å². The molecule has 0 bridgehead atoms. The van der Waals surface area contributed by atoms with Gasteiger partial charge in [0.1, 0.15) is 5.82 Å². The first-order valence-corrected chi connectivity index (χ1v) is 7.38. The van der Waals surface area contributed by atoms with Crippen LogP contribution in [-0.2, 0) is 6.54 Å². The molecule has 0 radical (unpaired) electrons. The van der Waals surface area contributed by atoms with Crippen molar-refractivity contribution in [2.45, 2.75) is 24.4 Å². The number of thioether (sulfide) groups is 1. The molecule has 2 aromatic rings. The molecule has 0 saturated carbocycles. The summed E-state index contributed by atoms with van der Waals surface area (Å²) in [7, 11) is 1.59. The van der Waals surface area contributed by atoms with Crippen LogP contribution in [0, 0.1) is 5.82 Å². The van der Waals surface area contributed by atoms with Gasteiger partial charge >= 0.3 is 0 Å². The van der Waals surface area contributed by atoms with E-state index >= 15 is 0 Å². The van der Waals surface area contributed by atoms with E-state index in [1.54, 1.807) is 25.4 Å². The van der Waals surface area contributed by atoms with Crippen molar-refractivity contribution in [1.29, 1.82) is 0 Å². The van der Waals surface area contributed by atoms with Gasteiger partial charge in [-0.2, -0.15) is 5.10 Å². The molecule has 0 aliphatic rings. The summed E-state index contributed by atoms with van der Waals surface area (Å²) in [5, 5.41) is 4.23. The predicted octanol–water partition coefficient (Wildman–Crippen LogP) is 2.84. The van der Waals surface area contributed by atoms with E-state index in [1.165, 1.54) is 17.8 Å². The molecule has 6 heteroatoms. The van der Waals surface area contributed by atoms with E-state index in [1.807, 2.05) is 17.7 Å². The summed E-state index contributed by atoms with van der Waals surface area (Å²) >= 11 is 1.40. The number of nitrogens with two attached hydrogens (primary N) is 1. The van der Waals surface area contributed by atoms with Gasteiger partial charge in [-0.15, -0.1) is 11.8 Å². The molecule has 0 saturated heterocycles. The second-order valence-electron chi connectivity index (χ2n) is 4.26. The summed E-state index contributed by atoms with van der Waals surface area (Å²) < 4.78 is 20.7. The second-order valence-corrected chi connectivity index (χ2v) is 5.32. The molecular weight excluding hydrogens is 277 g/mol. The minimum absolute atomic E-state index is 0.222. The van der Waals surface area contributed by atoms with Gasteiger partial charge in [-0.05, 0) is 19.1 Å². The van der Waals surface area contributed by atoms with E-state index < -0.39 is 0 Å². The van der Waals surface area contributed by atoms with Gasteiger partial charge in [-0.1, -0.05) is 12.1 Å². The first kappa shape index (κ1) is 14.9.